The summed E-state index contributed by atoms with van der Waals surface area (Å²) in [6.45, 7) is 5.47. The van der Waals surface area contributed by atoms with E-state index < -0.39 is 5.54 Å². The molecule has 0 atom stereocenters. The van der Waals surface area contributed by atoms with E-state index in [-0.39, 0.29) is 11.8 Å². The number of fused-ring (bicyclic) bond motifs is 2. The van der Waals surface area contributed by atoms with Gasteiger partial charge in [-0.25, -0.2) is 4.98 Å². The van der Waals surface area contributed by atoms with Crippen LogP contribution in [0.2, 0.25) is 0 Å². The number of aromatic amines is 1. The average Bonchev–Trinajstić information content (AvgIpc) is 3.31. The van der Waals surface area contributed by atoms with Crippen molar-refractivity contribution in [2.75, 3.05) is 19.6 Å². The highest BCUT2D eigenvalue weighted by atomic mass is 32.1. The maximum absolute atomic E-state index is 12.9. The third-order valence-corrected chi connectivity index (χ3v) is 6.36. The number of nitrogens with zero attached hydrogens (tertiary/aromatic N) is 5. The molecule has 1 N–H and O–H groups in total. The molecule has 2 aromatic heterocycles. The fourth-order valence-corrected chi connectivity index (χ4v) is 4.99. The summed E-state index contributed by atoms with van der Waals surface area (Å²) in [7, 11) is 0. The molecule has 1 spiro atoms. The third-order valence-electron chi connectivity index (χ3n) is 5.60. The molecule has 8 nitrogen and oxygen atoms in total. The standard InChI is InChI=1S/C17H22N6O2S/c1-3-12-14(26-21-20-12)16(25)22-8-5-17(6-9-22)15-13(18-10-19-15)4-7-23(17)11(2)24/h10H,3-9H2,1-2H3,(H,18,19). The largest absolute Gasteiger partial charge is 0.348 e. The second kappa shape index (κ2) is 6.46. The van der Waals surface area contributed by atoms with Gasteiger partial charge in [0.25, 0.3) is 5.91 Å². The van der Waals surface area contributed by atoms with E-state index in [0.29, 0.717) is 43.8 Å². The van der Waals surface area contributed by atoms with Crippen molar-refractivity contribution in [3.8, 4) is 0 Å². The van der Waals surface area contributed by atoms with Crippen LogP contribution in [0.1, 0.15) is 53.4 Å². The van der Waals surface area contributed by atoms with E-state index in [2.05, 4.69) is 19.6 Å². The Kier molecular flexibility index (Phi) is 4.26. The highest BCUT2D eigenvalue weighted by molar-refractivity contribution is 7.08. The van der Waals surface area contributed by atoms with Gasteiger partial charge >= 0.3 is 0 Å². The van der Waals surface area contributed by atoms with Crippen molar-refractivity contribution in [1.29, 1.82) is 0 Å². The van der Waals surface area contributed by atoms with Gasteiger partial charge in [0.2, 0.25) is 5.91 Å². The van der Waals surface area contributed by atoms with E-state index in [1.807, 2.05) is 16.7 Å². The number of likely N-dealkylation sites (tertiary alicyclic amines) is 1. The average molecular weight is 374 g/mol. The number of rotatable bonds is 2. The molecule has 2 aliphatic rings. The number of nitrogens with one attached hydrogen (secondary N) is 1. The molecule has 2 aromatic rings. The minimum absolute atomic E-state index is 0.000800. The molecular weight excluding hydrogens is 352 g/mol. The topological polar surface area (TPSA) is 95.1 Å². The fraction of sp³-hybridized carbons (Fsp3) is 0.588. The molecular formula is C17H22N6O2S. The van der Waals surface area contributed by atoms with Gasteiger partial charge in [-0.1, -0.05) is 11.4 Å². The van der Waals surface area contributed by atoms with E-state index in [4.69, 9.17) is 0 Å². The Balaban J connectivity index is 1.59. The number of hydrogen-bond donors (Lipinski definition) is 1. The molecule has 0 radical (unpaired) electrons. The Labute approximate surface area is 155 Å². The van der Waals surface area contributed by atoms with Crippen molar-refractivity contribution in [2.45, 2.75) is 45.1 Å². The lowest BCUT2D eigenvalue weighted by Crippen LogP contribution is -2.58. The van der Waals surface area contributed by atoms with Gasteiger partial charge in [-0.2, -0.15) is 0 Å². The lowest BCUT2D eigenvalue weighted by atomic mass is 9.78. The number of aromatic nitrogens is 4. The van der Waals surface area contributed by atoms with Crippen molar-refractivity contribution in [2.24, 2.45) is 0 Å². The number of amides is 2. The molecule has 0 aliphatic carbocycles. The molecule has 0 unspecified atom stereocenters. The zero-order valence-corrected chi connectivity index (χ0v) is 15.8. The van der Waals surface area contributed by atoms with Gasteiger partial charge < -0.3 is 14.8 Å². The first-order valence-corrected chi connectivity index (χ1v) is 9.75. The highest BCUT2D eigenvalue weighted by Crippen LogP contribution is 2.42. The number of imidazole rings is 1. The van der Waals surface area contributed by atoms with Crippen molar-refractivity contribution in [3.63, 3.8) is 0 Å². The van der Waals surface area contributed by atoms with E-state index in [1.165, 1.54) is 0 Å². The van der Waals surface area contributed by atoms with Crippen molar-refractivity contribution >= 4 is 23.3 Å². The van der Waals surface area contributed by atoms with Gasteiger partial charge in [0.15, 0.2) is 0 Å². The van der Waals surface area contributed by atoms with Gasteiger partial charge in [-0.15, -0.1) is 5.10 Å². The van der Waals surface area contributed by atoms with E-state index in [0.717, 1.165) is 35.0 Å². The second-order valence-electron chi connectivity index (χ2n) is 6.88. The van der Waals surface area contributed by atoms with Gasteiger partial charge in [0.05, 0.1) is 23.3 Å². The van der Waals surface area contributed by atoms with Crippen LogP contribution in [0.15, 0.2) is 6.33 Å². The van der Waals surface area contributed by atoms with Gasteiger partial charge in [-0.05, 0) is 30.8 Å². The normalized spacial score (nSPS) is 18.8. The summed E-state index contributed by atoms with van der Waals surface area (Å²) in [6.07, 6.45) is 4.60. The Morgan fingerprint density at radius 2 is 2.08 bits per heavy atom. The first-order valence-electron chi connectivity index (χ1n) is 8.98. The molecule has 138 valence electrons. The summed E-state index contributed by atoms with van der Waals surface area (Å²) < 4.78 is 3.93. The van der Waals surface area contributed by atoms with Crippen LogP contribution in [0.5, 0.6) is 0 Å². The lowest BCUT2D eigenvalue weighted by molar-refractivity contribution is -0.139. The van der Waals surface area contributed by atoms with Gasteiger partial charge in [0.1, 0.15) is 4.88 Å². The van der Waals surface area contributed by atoms with Crippen molar-refractivity contribution < 1.29 is 9.59 Å². The number of carbonyl (C=O) groups excluding carboxylic acids is 2. The Bertz CT molecular complexity index is 836. The van der Waals surface area contributed by atoms with Crippen LogP contribution < -0.4 is 0 Å². The second-order valence-corrected chi connectivity index (χ2v) is 7.63. The van der Waals surface area contributed by atoms with Crippen LogP contribution in [0, 0.1) is 0 Å². The minimum Gasteiger partial charge on any atom is -0.348 e. The Morgan fingerprint density at radius 1 is 1.31 bits per heavy atom. The van der Waals surface area contributed by atoms with Crippen LogP contribution in [0.25, 0.3) is 0 Å². The predicted molar refractivity (Wildman–Crippen MR) is 95.8 cm³/mol. The first-order chi connectivity index (χ1) is 12.6. The predicted octanol–water partition coefficient (Wildman–Crippen LogP) is 1.36. The summed E-state index contributed by atoms with van der Waals surface area (Å²) in [5.74, 6) is 0.0671. The maximum Gasteiger partial charge on any atom is 0.267 e. The van der Waals surface area contributed by atoms with Crippen LogP contribution in [0.3, 0.4) is 0 Å². The summed E-state index contributed by atoms with van der Waals surface area (Å²) >= 11 is 1.16. The lowest BCUT2D eigenvalue weighted by Gasteiger charge is -2.50. The summed E-state index contributed by atoms with van der Waals surface area (Å²) in [4.78, 5) is 37.4. The monoisotopic (exact) mass is 374 g/mol. The van der Waals surface area contributed by atoms with Crippen LogP contribution >= 0.6 is 11.5 Å². The summed E-state index contributed by atoms with van der Waals surface area (Å²) in [6, 6.07) is 0. The van der Waals surface area contributed by atoms with Crippen LogP contribution in [-0.2, 0) is 23.2 Å². The van der Waals surface area contributed by atoms with Gasteiger partial charge in [0, 0.05) is 38.7 Å². The molecule has 0 bridgehead atoms. The van der Waals surface area contributed by atoms with Crippen molar-refractivity contribution in [3.05, 3.63) is 28.3 Å². The number of H-pyrrole nitrogens is 1. The third kappa shape index (κ3) is 2.53. The molecule has 26 heavy (non-hydrogen) atoms. The highest BCUT2D eigenvalue weighted by Gasteiger charge is 2.48. The number of piperidine rings is 1. The molecule has 0 saturated carbocycles. The Morgan fingerprint density at radius 3 is 2.77 bits per heavy atom. The molecule has 4 heterocycles. The number of aryl methyl sites for hydroxylation is 1. The maximum atomic E-state index is 12.9. The van der Waals surface area contributed by atoms with E-state index >= 15 is 0 Å². The number of hydrogen-bond acceptors (Lipinski definition) is 6. The van der Waals surface area contributed by atoms with Gasteiger partial charge in [-0.3, -0.25) is 9.59 Å². The SMILES string of the molecule is CCc1nnsc1C(=O)N1CCC2(CC1)c1nc[nH]c1CCN2C(C)=O. The number of carbonyl (C=O) groups is 2. The molecule has 2 amide bonds. The summed E-state index contributed by atoms with van der Waals surface area (Å²) in [5.41, 5.74) is 2.44. The zero-order chi connectivity index (χ0) is 18.3. The molecule has 0 aromatic carbocycles. The minimum atomic E-state index is -0.407. The van der Waals surface area contributed by atoms with E-state index in [1.54, 1.807) is 13.3 Å². The van der Waals surface area contributed by atoms with E-state index in [9.17, 15) is 9.59 Å². The molecule has 4 rings (SSSR count). The molecule has 2 aliphatic heterocycles. The summed E-state index contributed by atoms with van der Waals surface area (Å²) in [5, 5.41) is 4.05. The molecule has 9 heteroatoms. The Hall–Kier alpha value is -2.29. The quantitative estimate of drug-likeness (QED) is 0.856. The molecule has 1 saturated heterocycles. The zero-order valence-electron chi connectivity index (χ0n) is 15.0. The fourth-order valence-electron chi connectivity index (χ4n) is 4.27. The molecule has 1 fully saturated rings. The first kappa shape index (κ1) is 17.1. The van der Waals surface area contributed by atoms with Crippen LogP contribution in [-0.4, -0.2) is 60.8 Å². The van der Waals surface area contributed by atoms with Crippen molar-refractivity contribution in [1.82, 2.24) is 29.4 Å². The smallest absolute Gasteiger partial charge is 0.267 e. The van der Waals surface area contributed by atoms with Crippen LogP contribution in [0.4, 0.5) is 0 Å².